The molecule has 2 fully saturated rings. The molecule has 3 aromatic rings. The Kier molecular flexibility index (Phi) is 9.25. The minimum Gasteiger partial charge on any atom is -0.496 e. The first kappa shape index (κ1) is 30.0. The van der Waals surface area contributed by atoms with Gasteiger partial charge >= 0.3 is 5.97 Å². The average Bonchev–Trinajstić information content (AvgIpc) is 3.68. The Bertz CT molecular complexity index is 1480. The van der Waals surface area contributed by atoms with E-state index in [1.807, 2.05) is 11.0 Å². The zero-order chi connectivity index (χ0) is 29.8. The lowest BCUT2D eigenvalue weighted by Gasteiger charge is -2.38. The number of fused-ring (bicyclic) bond motifs is 1. The molecule has 6 rings (SSSR count). The number of likely N-dealkylation sites (tertiary alicyclic amines) is 1. The topological polar surface area (TPSA) is 84.4 Å². The van der Waals surface area contributed by atoms with Crippen LogP contribution in [0.25, 0.3) is 15.8 Å². The van der Waals surface area contributed by atoms with Gasteiger partial charge in [-0.3, -0.25) is 14.6 Å². The molecule has 0 radical (unpaired) electrons. The molecule has 2 unspecified atom stereocenters. The molecule has 0 spiro atoms. The summed E-state index contributed by atoms with van der Waals surface area (Å²) >= 11 is 1.65. The standard InChI is InChI=1S/C34H41N3O5S/c1-24-27(25-9-4-3-5-10-25)11-6-13-34(24,42-18-8-14-36-16-19-41-20-17-36)33-35-28-21-26(30(40-2)22-31(28)43-33)23-37-15-7-12-29(37)32(38)39/h3-6,9-11,13,21-22,24,29H,7-8,12,14-20,23H2,1-2H3,(H,38,39)/t24?,29-,34?/m0/s1. The fourth-order valence-electron chi connectivity index (χ4n) is 6.63. The highest BCUT2D eigenvalue weighted by molar-refractivity contribution is 7.18. The normalized spacial score (nSPS) is 24.8. The number of morpholine rings is 1. The molecule has 1 N–H and O–H groups in total. The number of carbonyl (C=O) groups is 1. The number of rotatable bonds is 11. The van der Waals surface area contributed by atoms with Gasteiger partial charge in [0.1, 0.15) is 22.4 Å². The highest BCUT2D eigenvalue weighted by Gasteiger charge is 2.43. The molecule has 2 aliphatic heterocycles. The second-order valence-corrected chi connectivity index (χ2v) is 12.7. The van der Waals surface area contributed by atoms with E-state index in [-0.39, 0.29) is 5.92 Å². The first-order chi connectivity index (χ1) is 21.0. The molecule has 0 saturated carbocycles. The lowest BCUT2D eigenvalue weighted by molar-refractivity contribution is -0.142. The summed E-state index contributed by atoms with van der Waals surface area (Å²) in [6, 6.07) is 14.2. The average molecular weight is 604 g/mol. The van der Waals surface area contributed by atoms with Crippen molar-refractivity contribution in [1.82, 2.24) is 14.8 Å². The van der Waals surface area contributed by atoms with Crippen molar-refractivity contribution in [3.63, 3.8) is 0 Å². The molecule has 0 amide bonds. The van der Waals surface area contributed by atoms with Crippen molar-refractivity contribution in [3.05, 3.63) is 76.8 Å². The molecule has 43 heavy (non-hydrogen) atoms. The van der Waals surface area contributed by atoms with Crippen LogP contribution in [0, 0.1) is 5.92 Å². The van der Waals surface area contributed by atoms with Crippen LogP contribution in [-0.2, 0) is 26.4 Å². The number of carboxylic acids is 1. The van der Waals surface area contributed by atoms with Crippen LogP contribution in [0.15, 0.2) is 60.7 Å². The Labute approximate surface area is 257 Å². The van der Waals surface area contributed by atoms with Gasteiger partial charge in [-0.2, -0.15) is 0 Å². The lowest BCUT2D eigenvalue weighted by Crippen LogP contribution is -2.39. The van der Waals surface area contributed by atoms with Crippen molar-refractivity contribution < 1.29 is 24.1 Å². The molecule has 1 aromatic heterocycles. The summed E-state index contributed by atoms with van der Waals surface area (Å²) in [6.45, 7) is 8.63. The number of carboxylic acid groups (broad SMARTS) is 1. The van der Waals surface area contributed by atoms with E-state index in [1.54, 1.807) is 18.4 Å². The van der Waals surface area contributed by atoms with Gasteiger partial charge in [-0.25, -0.2) is 4.98 Å². The predicted molar refractivity (Wildman–Crippen MR) is 169 cm³/mol. The minimum atomic E-state index is -0.762. The van der Waals surface area contributed by atoms with Crippen LogP contribution < -0.4 is 4.74 Å². The number of nitrogens with zero attached hydrogens (tertiary/aromatic N) is 3. The quantitative estimate of drug-likeness (QED) is 0.285. The lowest BCUT2D eigenvalue weighted by atomic mass is 9.77. The van der Waals surface area contributed by atoms with Crippen LogP contribution in [-0.4, -0.2) is 85.0 Å². The molecule has 1 aliphatic carbocycles. The second-order valence-electron chi connectivity index (χ2n) is 11.6. The summed E-state index contributed by atoms with van der Waals surface area (Å²) in [5.74, 6) is 0.0315. The van der Waals surface area contributed by atoms with Gasteiger partial charge < -0.3 is 19.3 Å². The molecule has 3 atom stereocenters. The Morgan fingerprint density at radius 1 is 1.19 bits per heavy atom. The minimum absolute atomic E-state index is 0.0335. The summed E-state index contributed by atoms with van der Waals surface area (Å²) in [6.07, 6.45) is 8.97. The van der Waals surface area contributed by atoms with E-state index in [4.69, 9.17) is 19.2 Å². The van der Waals surface area contributed by atoms with Gasteiger partial charge in [-0.1, -0.05) is 49.4 Å². The number of allylic oxidation sites excluding steroid dienone is 2. The monoisotopic (exact) mass is 603 g/mol. The first-order valence-electron chi connectivity index (χ1n) is 15.3. The van der Waals surface area contributed by atoms with E-state index in [1.165, 1.54) is 11.1 Å². The molecule has 3 aliphatic rings. The molecule has 8 nitrogen and oxygen atoms in total. The maximum Gasteiger partial charge on any atom is 0.320 e. The number of benzene rings is 2. The maximum absolute atomic E-state index is 11.8. The fourth-order valence-corrected chi connectivity index (χ4v) is 7.82. The number of hydrogen-bond acceptors (Lipinski definition) is 8. The van der Waals surface area contributed by atoms with Gasteiger partial charge in [-0.05, 0) is 55.2 Å². The Balaban J connectivity index is 1.31. The zero-order valence-corrected chi connectivity index (χ0v) is 25.9. The first-order valence-corrected chi connectivity index (χ1v) is 16.1. The molecule has 3 heterocycles. The van der Waals surface area contributed by atoms with E-state index in [9.17, 15) is 9.90 Å². The highest BCUT2D eigenvalue weighted by Crippen LogP contribution is 2.48. The van der Waals surface area contributed by atoms with E-state index < -0.39 is 17.6 Å². The third-order valence-electron chi connectivity index (χ3n) is 9.05. The summed E-state index contributed by atoms with van der Waals surface area (Å²) in [7, 11) is 1.67. The van der Waals surface area contributed by atoms with E-state index in [2.05, 4.69) is 66.4 Å². The predicted octanol–water partition coefficient (Wildman–Crippen LogP) is 5.58. The largest absolute Gasteiger partial charge is 0.496 e. The smallest absolute Gasteiger partial charge is 0.320 e. The Morgan fingerprint density at radius 2 is 2.00 bits per heavy atom. The van der Waals surface area contributed by atoms with Crippen molar-refractivity contribution in [2.75, 3.05) is 53.1 Å². The summed E-state index contributed by atoms with van der Waals surface area (Å²) < 4.78 is 19.3. The van der Waals surface area contributed by atoms with E-state index >= 15 is 0 Å². The highest BCUT2D eigenvalue weighted by atomic mass is 32.1. The number of ether oxygens (including phenoxy) is 3. The van der Waals surface area contributed by atoms with Crippen molar-refractivity contribution >= 4 is 33.1 Å². The second kappa shape index (κ2) is 13.3. The van der Waals surface area contributed by atoms with Crippen LogP contribution in [0.2, 0.25) is 0 Å². The van der Waals surface area contributed by atoms with Crippen molar-refractivity contribution in [3.8, 4) is 5.75 Å². The summed E-state index contributed by atoms with van der Waals surface area (Å²) in [4.78, 5) is 21.5. The van der Waals surface area contributed by atoms with Crippen molar-refractivity contribution in [2.24, 2.45) is 5.92 Å². The van der Waals surface area contributed by atoms with E-state index in [0.29, 0.717) is 19.6 Å². The molecule has 9 heteroatoms. The van der Waals surface area contributed by atoms with Gasteiger partial charge in [0, 0.05) is 44.3 Å². The fraction of sp³-hybridized carbons (Fsp3) is 0.471. The third kappa shape index (κ3) is 6.28. The molecular weight excluding hydrogens is 562 g/mol. The summed E-state index contributed by atoms with van der Waals surface area (Å²) in [5, 5.41) is 10.6. The number of thiazole rings is 1. The molecular formula is C34H41N3O5S. The molecule has 0 bridgehead atoms. The van der Waals surface area contributed by atoms with E-state index in [0.717, 1.165) is 78.8 Å². The Morgan fingerprint density at radius 3 is 2.77 bits per heavy atom. The number of hydrogen-bond donors (Lipinski definition) is 1. The number of aromatic nitrogens is 1. The molecule has 2 saturated heterocycles. The van der Waals surface area contributed by atoms with Crippen molar-refractivity contribution in [1.29, 1.82) is 0 Å². The van der Waals surface area contributed by atoms with Gasteiger partial charge in [-0.15, -0.1) is 11.3 Å². The maximum atomic E-state index is 11.8. The van der Waals surface area contributed by atoms with Crippen LogP contribution in [0.1, 0.15) is 42.3 Å². The zero-order valence-electron chi connectivity index (χ0n) is 25.0. The Hall–Kier alpha value is -3.08. The van der Waals surface area contributed by atoms with Gasteiger partial charge in [0.25, 0.3) is 0 Å². The third-order valence-corrected chi connectivity index (χ3v) is 10.2. The van der Waals surface area contributed by atoms with Crippen LogP contribution in [0.4, 0.5) is 0 Å². The van der Waals surface area contributed by atoms with Crippen LogP contribution in [0.5, 0.6) is 5.75 Å². The number of methoxy groups -OCH3 is 1. The summed E-state index contributed by atoms with van der Waals surface area (Å²) in [5.41, 5.74) is 3.53. The van der Waals surface area contributed by atoms with Crippen LogP contribution >= 0.6 is 11.3 Å². The van der Waals surface area contributed by atoms with Gasteiger partial charge in [0.15, 0.2) is 0 Å². The van der Waals surface area contributed by atoms with Gasteiger partial charge in [0.05, 0.1) is 30.5 Å². The SMILES string of the molecule is COc1cc2sc(C3(OCCCN4CCOCC4)C=CC=C(c4ccccc4)C3C)nc2cc1CN1CCC[C@H]1C(=O)O. The van der Waals surface area contributed by atoms with Crippen molar-refractivity contribution in [2.45, 2.75) is 44.4 Å². The number of aliphatic carboxylic acids is 1. The molecule has 2 aromatic carbocycles. The molecule has 228 valence electrons. The van der Waals surface area contributed by atoms with Gasteiger partial charge in [0.2, 0.25) is 0 Å². The van der Waals surface area contributed by atoms with Crippen LogP contribution in [0.3, 0.4) is 0 Å².